The minimum absolute atomic E-state index is 0.163. The summed E-state index contributed by atoms with van der Waals surface area (Å²) < 4.78 is 1.36. The first-order valence-corrected chi connectivity index (χ1v) is 5.17. The first kappa shape index (κ1) is 11.9. The summed E-state index contributed by atoms with van der Waals surface area (Å²) >= 11 is 0. The third-order valence-corrected chi connectivity index (χ3v) is 2.38. The number of hydrogen-bond acceptors (Lipinski definition) is 5. The Bertz CT molecular complexity index is 623. The Kier molecular flexibility index (Phi) is 3.44. The number of hydrogen-bond donors (Lipinski definition) is 2. The van der Waals surface area contributed by atoms with Crippen LogP contribution in [0.15, 0.2) is 41.7 Å². The molecule has 0 radical (unpaired) electrons. The van der Waals surface area contributed by atoms with Crippen molar-refractivity contribution in [3.63, 3.8) is 0 Å². The van der Waals surface area contributed by atoms with Crippen molar-refractivity contribution >= 4 is 5.91 Å². The molecule has 0 aliphatic heterocycles. The van der Waals surface area contributed by atoms with Crippen molar-refractivity contribution in [2.45, 2.75) is 6.54 Å². The zero-order chi connectivity index (χ0) is 13.0. The van der Waals surface area contributed by atoms with Gasteiger partial charge in [-0.3, -0.25) is 24.6 Å². The summed E-state index contributed by atoms with van der Waals surface area (Å²) in [6.07, 6.45) is 4.34. The average molecular weight is 245 g/mol. The van der Waals surface area contributed by atoms with E-state index < -0.39 is 5.91 Å². The molecule has 3 N–H and O–H groups in total. The molecule has 2 aromatic rings. The standard InChI is InChI=1S/C11H11N5O2/c12-15-11(18)8-2-1-4-14-9(8)6-16-7-13-5-3-10(16)17/h1-5,7H,6,12H2,(H,15,18). The average Bonchev–Trinajstić information content (AvgIpc) is 2.41. The number of rotatable bonds is 3. The van der Waals surface area contributed by atoms with E-state index in [9.17, 15) is 9.59 Å². The summed E-state index contributed by atoms with van der Waals surface area (Å²) in [6.45, 7) is 0.163. The molecule has 0 saturated heterocycles. The van der Waals surface area contributed by atoms with E-state index in [1.807, 2.05) is 5.43 Å². The maximum atomic E-state index is 11.5. The van der Waals surface area contributed by atoms with Gasteiger partial charge in [-0.1, -0.05) is 0 Å². The Hall–Kier alpha value is -2.54. The molecule has 0 spiro atoms. The number of aromatic nitrogens is 3. The molecule has 2 aromatic heterocycles. The summed E-state index contributed by atoms with van der Waals surface area (Å²) in [6, 6.07) is 4.55. The number of amides is 1. The van der Waals surface area contributed by atoms with Crippen LogP contribution >= 0.6 is 0 Å². The van der Waals surface area contributed by atoms with Crippen LogP contribution in [0.1, 0.15) is 16.1 Å². The van der Waals surface area contributed by atoms with Gasteiger partial charge in [-0.2, -0.15) is 0 Å². The van der Waals surface area contributed by atoms with Gasteiger partial charge in [0.05, 0.1) is 24.1 Å². The van der Waals surface area contributed by atoms with Gasteiger partial charge >= 0.3 is 0 Å². The van der Waals surface area contributed by atoms with E-state index in [0.717, 1.165) is 0 Å². The monoisotopic (exact) mass is 245 g/mol. The molecule has 0 bridgehead atoms. The van der Waals surface area contributed by atoms with Gasteiger partial charge in [-0.05, 0) is 12.1 Å². The van der Waals surface area contributed by atoms with Crippen molar-refractivity contribution in [2.24, 2.45) is 5.84 Å². The lowest BCUT2D eigenvalue weighted by Crippen LogP contribution is -2.31. The van der Waals surface area contributed by atoms with E-state index in [1.54, 1.807) is 18.3 Å². The van der Waals surface area contributed by atoms with Gasteiger partial charge in [-0.25, -0.2) is 10.8 Å². The maximum absolute atomic E-state index is 11.5. The van der Waals surface area contributed by atoms with E-state index in [-0.39, 0.29) is 12.1 Å². The highest BCUT2D eigenvalue weighted by atomic mass is 16.2. The van der Waals surface area contributed by atoms with E-state index in [1.165, 1.54) is 23.2 Å². The topological polar surface area (TPSA) is 103 Å². The second kappa shape index (κ2) is 5.19. The fraction of sp³-hybridized carbons (Fsp3) is 0.0909. The fourth-order valence-electron chi connectivity index (χ4n) is 1.51. The number of carbonyl (C=O) groups excluding carboxylic acids is 1. The Morgan fingerprint density at radius 3 is 2.94 bits per heavy atom. The van der Waals surface area contributed by atoms with Gasteiger partial charge in [0.1, 0.15) is 0 Å². The number of nitrogens with two attached hydrogens (primary N) is 1. The third kappa shape index (κ3) is 2.41. The number of pyridine rings is 1. The number of carbonyl (C=O) groups is 1. The highest BCUT2D eigenvalue weighted by Crippen LogP contribution is 2.05. The van der Waals surface area contributed by atoms with E-state index >= 15 is 0 Å². The van der Waals surface area contributed by atoms with Gasteiger partial charge in [0.15, 0.2) is 0 Å². The maximum Gasteiger partial charge on any atom is 0.267 e. The van der Waals surface area contributed by atoms with Gasteiger partial charge in [-0.15, -0.1) is 0 Å². The zero-order valence-corrected chi connectivity index (χ0v) is 9.41. The zero-order valence-electron chi connectivity index (χ0n) is 9.41. The van der Waals surface area contributed by atoms with E-state index in [4.69, 9.17) is 5.84 Å². The molecule has 0 unspecified atom stereocenters. The second-order valence-corrected chi connectivity index (χ2v) is 3.52. The first-order valence-electron chi connectivity index (χ1n) is 5.17. The Balaban J connectivity index is 2.38. The molecule has 0 aromatic carbocycles. The van der Waals surface area contributed by atoms with Gasteiger partial charge in [0.25, 0.3) is 11.5 Å². The van der Waals surface area contributed by atoms with Crippen LogP contribution in [-0.4, -0.2) is 20.4 Å². The Morgan fingerprint density at radius 2 is 2.22 bits per heavy atom. The molecule has 0 fully saturated rings. The van der Waals surface area contributed by atoms with Crippen LogP contribution < -0.4 is 16.8 Å². The predicted molar refractivity (Wildman–Crippen MR) is 63.5 cm³/mol. The Morgan fingerprint density at radius 1 is 1.39 bits per heavy atom. The Labute approximate surface area is 102 Å². The minimum Gasteiger partial charge on any atom is -0.293 e. The molecule has 0 atom stereocenters. The van der Waals surface area contributed by atoms with Gasteiger partial charge in [0, 0.05) is 18.5 Å². The highest BCUT2D eigenvalue weighted by Gasteiger charge is 2.11. The molecule has 0 saturated carbocycles. The van der Waals surface area contributed by atoms with Crippen LogP contribution in [-0.2, 0) is 6.54 Å². The normalized spacial score (nSPS) is 10.1. The molecule has 0 aliphatic carbocycles. The van der Waals surface area contributed by atoms with Crippen LogP contribution in [0.2, 0.25) is 0 Å². The number of nitrogens with one attached hydrogen (secondary N) is 1. The molecule has 2 rings (SSSR count). The molecular weight excluding hydrogens is 234 g/mol. The fourth-order valence-corrected chi connectivity index (χ4v) is 1.51. The smallest absolute Gasteiger partial charge is 0.267 e. The molecular formula is C11H11N5O2. The van der Waals surface area contributed by atoms with Crippen LogP contribution in [0.3, 0.4) is 0 Å². The van der Waals surface area contributed by atoms with Crippen molar-refractivity contribution in [3.8, 4) is 0 Å². The second-order valence-electron chi connectivity index (χ2n) is 3.52. The molecule has 7 heteroatoms. The van der Waals surface area contributed by atoms with Crippen molar-refractivity contribution in [1.82, 2.24) is 20.0 Å². The largest absolute Gasteiger partial charge is 0.293 e. The van der Waals surface area contributed by atoms with Gasteiger partial charge in [0.2, 0.25) is 0 Å². The molecule has 2 heterocycles. The molecule has 92 valence electrons. The summed E-state index contributed by atoms with van der Waals surface area (Å²) in [5.74, 6) is 4.64. The van der Waals surface area contributed by atoms with E-state index in [2.05, 4.69) is 9.97 Å². The number of hydrazine groups is 1. The summed E-state index contributed by atoms with van der Waals surface area (Å²) in [7, 11) is 0. The molecule has 7 nitrogen and oxygen atoms in total. The summed E-state index contributed by atoms with van der Waals surface area (Å²) in [4.78, 5) is 31.0. The van der Waals surface area contributed by atoms with Crippen LogP contribution in [0.25, 0.3) is 0 Å². The van der Waals surface area contributed by atoms with Crippen LogP contribution in [0.5, 0.6) is 0 Å². The third-order valence-electron chi connectivity index (χ3n) is 2.38. The quantitative estimate of drug-likeness (QED) is 0.422. The number of nitrogens with zero attached hydrogens (tertiary/aromatic N) is 3. The van der Waals surface area contributed by atoms with Gasteiger partial charge < -0.3 is 0 Å². The molecule has 1 amide bonds. The minimum atomic E-state index is -0.449. The first-order chi connectivity index (χ1) is 8.72. The van der Waals surface area contributed by atoms with Crippen molar-refractivity contribution in [2.75, 3.05) is 0 Å². The lowest BCUT2D eigenvalue weighted by atomic mass is 10.2. The lowest BCUT2D eigenvalue weighted by Gasteiger charge is -2.08. The lowest BCUT2D eigenvalue weighted by molar-refractivity contribution is 0.0952. The van der Waals surface area contributed by atoms with Crippen molar-refractivity contribution in [3.05, 3.63) is 58.5 Å². The van der Waals surface area contributed by atoms with Crippen LogP contribution in [0, 0.1) is 0 Å². The van der Waals surface area contributed by atoms with Crippen molar-refractivity contribution in [1.29, 1.82) is 0 Å². The SMILES string of the molecule is NNC(=O)c1cccnc1Cn1cnccc1=O. The summed E-state index contributed by atoms with van der Waals surface area (Å²) in [5.41, 5.74) is 2.61. The number of nitrogen functional groups attached to an aromatic ring is 1. The van der Waals surface area contributed by atoms with Crippen LogP contribution in [0.4, 0.5) is 0 Å². The van der Waals surface area contributed by atoms with Crippen molar-refractivity contribution < 1.29 is 4.79 Å². The highest BCUT2D eigenvalue weighted by molar-refractivity contribution is 5.94. The molecule has 0 aliphatic rings. The predicted octanol–water partition coefficient (Wildman–Crippen LogP) is -0.710. The van der Waals surface area contributed by atoms with E-state index in [0.29, 0.717) is 11.3 Å². The summed E-state index contributed by atoms with van der Waals surface area (Å²) in [5, 5.41) is 0. The molecule has 18 heavy (non-hydrogen) atoms.